The number of pyridine rings is 2. The summed E-state index contributed by atoms with van der Waals surface area (Å²) < 4.78 is 10.8. The van der Waals surface area contributed by atoms with Crippen LogP contribution in [0.5, 0.6) is 0 Å². The number of carbonyl (C=O) groups is 2. The van der Waals surface area contributed by atoms with E-state index >= 15 is 0 Å². The molecule has 10 nitrogen and oxygen atoms in total. The fourth-order valence-electron chi connectivity index (χ4n) is 13.2. The molecule has 376 valence electrons. The van der Waals surface area contributed by atoms with Crippen LogP contribution in [0.15, 0.2) is 134 Å². The fraction of sp³-hybridized carbons (Fsp3) is 0.419. The van der Waals surface area contributed by atoms with Gasteiger partial charge in [0.05, 0.1) is 47.2 Å². The van der Waals surface area contributed by atoms with Crippen molar-refractivity contribution in [2.45, 2.75) is 126 Å². The number of methoxy groups -OCH3 is 2. The van der Waals surface area contributed by atoms with Gasteiger partial charge >= 0.3 is 0 Å². The third kappa shape index (κ3) is 11.0. The summed E-state index contributed by atoms with van der Waals surface area (Å²) in [4.78, 5) is 34.9. The molecule has 0 saturated heterocycles. The molecule has 2 saturated carbocycles. The maximum atomic E-state index is 13.2. The number of nitrogens with one attached hydrogen (secondary N) is 2. The minimum Gasteiger partial charge on any atom is -0.387 e. The van der Waals surface area contributed by atoms with Gasteiger partial charge in [-0.25, -0.2) is 0 Å². The molecule has 2 amide bonds. The van der Waals surface area contributed by atoms with Crippen molar-refractivity contribution in [1.82, 2.24) is 9.97 Å². The molecule has 72 heavy (non-hydrogen) atoms. The van der Waals surface area contributed by atoms with E-state index in [2.05, 4.69) is 106 Å². The minimum absolute atomic E-state index is 0.0674. The van der Waals surface area contributed by atoms with Gasteiger partial charge in [-0.3, -0.25) is 19.6 Å². The zero-order chi connectivity index (χ0) is 50.4. The van der Waals surface area contributed by atoms with E-state index in [9.17, 15) is 19.8 Å². The van der Waals surface area contributed by atoms with Crippen molar-refractivity contribution in [3.05, 3.63) is 190 Å². The second kappa shape index (κ2) is 22.0. The summed E-state index contributed by atoms with van der Waals surface area (Å²) in [7, 11) is 3.34. The monoisotopic (exact) mass is 969 g/mol. The first-order valence-electron chi connectivity index (χ1n) is 26.1. The van der Waals surface area contributed by atoms with Crippen LogP contribution in [0.2, 0.25) is 0 Å². The summed E-state index contributed by atoms with van der Waals surface area (Å²) >= 11 is 0. The molecule has 10 rings (SSSR count). The van der Waals surface area contributed by atoms with Crippen molar-refractivity contribution in [1.29, 1.82) is 0 Å². The van der Waals surface area contributed by atoms with Crippen LogP contribution < -0.4 is 10.6 Å². The Bertz CT molecular complexity index is 2650. The Morgan fingerprint density at radius 3 is 1.38 bits per heavy atom. The third-order valence-electron chi connectivity index (χ3n) is 16.8. The second-order valence-electron chi connectivity index (χ2n) is 21.5. The van der Waals surface area contributed by atoms with Crippen LogP contribution in [0.4, 0.5) is 11.4 Å². The Morgan fingerprint density at radius 1 is 0.569 bits per heavy atom. The van der Waals surface area contributed by atoms with Gasteiger partial charge in [0, 0.05) is 48.6 Å². The number of rotatable bonds is 12. The van der Waals surface area contributed by atoms with Crippen LogP contribution in [0.1, 0.15) is 130 Å². The van der Waals surface area contributed by atoms with Gasteiger partial charge in [-0.2, -0.15) is 0 Å². The molecule has 6 atom stereocenters. The van der Waals surface area contributed by atoms with E-state index in [-0.39, 0.29) is 22.6 Å². The van der Waals surface area contributed by atoms with Crippen molar-refractivity contribution in [2.75, 3.05) is 38.1 Å². The average molecular weight is 969 g/mol. The molecule has 0 radical (unpaired) electrons. The number of amides is 2. The van der Waals surface area contributed by atoms with Crippen LogP contribution in [0.25, 0.3) is 0 Å². The van der Waals surface area contributed by atoms with E-state index in [1.807, 2.05) is 50.2 Å². The standard InChI is InChI=1S/2C31H36N2O3/c2*1-22-28(12-7-17-32-22)33-29(34)25-13-14-27-24(18-25)10-6-11-26-20-30(35,21-36-2)15-16-31(26,27)19-23-8-4-3-5-9-23/h2*3-5,7-9,12-14,17-18,26,35H,6,10-11,15-16,19-21H2,1-2H3,(H,33,34)/t2*26-,30+,31-/m10/s1. The fourth-order valence-corrected chi connectivity index (χ4v) is 13.2. The lowest BCUT2D eigenvalue weighted by Gasteiger charge is -2.50. The molecule has 2 aromatic heterocycles. The van der Waals surface area contributed by atoms with Gasteiger partial charge in [0.25, 0.3) is 11.8 Å². The summed E-state index contributed by atoms with van der Waals surface area (Å²) in [6, 6.07) is 41.4. The number of hydrogen-bond donors (Lipinski definition) is 4. The normalized spacial score (nSPS) is 25.4. The van der Waals surface area contributed by atoms with Gasteiger partial charge in [0.2, 0.25) is 0 Å². The SMILES string of the molecule is COC[C@@]1(O)CC[C@@]2(Cc3ccccc3)c3ccc(C(=O)Nc4cccnc4C)cc3CCC[C@H]2C1.COC[C@]1(O)CC[C@]2(Cc3ccccc3)c3ccc(C(=O)Nc4cccnc4C)cc3CCC[C@@H]2C1. The van der Waals surface area contributed by atoms with Crippen molar-refractivity contribution in [3.8, 4) is 0 Å². The topological polar surface area (TPSA) is 143 Å². The maximum absolute atomic E-state index is 13.2. The molecule has 4 aliphatic rings. The highest BCUT2D eigenvalue weighted by Crippen LogP contribution is 2.55. The highest BCUT2D eigenvalue weighted by atomic mass is 16.5. The zero-order valence-corrected chi connectivity index (χ0v) is 42.6. The molecule has 4 aromatic carbocycles. The molecule has 0 unspecified atom stereocenters. The number of nitrogens with zero attached hydrogens (tertiary/aromatic N) is 2. The summed E-state index contributed by atoms with van der Waals surface area (Å²) in [5.74, 6) is 0.492. The number of aromatic nitrogens is 2. The molecule has 4 aliphatic carbocycles. The Hall–Kier alpha value is -6.04. The molecule has 10 heteroatoms. The number of ether oxygens (including phenoxy) is 2. The summed E-state index contributed by atoms with van der Waals surface area (Å²) in [5.41, 5.74) is 10.6. The summed E-state index contributed by atoms with van der Waals surface area (Å²) in [6.07, 6.45) is 16.2. The van der Waals surface area contributed by atoms with Crippen molar-refractivity contribution >= 4 is 23.2 Å². The van der Waals surface area contributed by atoms with Crippen LogP contribution >= 0.6 is 0 Å². The van der Waals surface area contributed by atoms with Gasteiger partial charge in [-0.15, -0.1) is 0 Å². The van der Waals surface area contributed by atoms with Gasteiger partial charge in [0.1, 0.15) is 0 Å². The number of fused-ring (bicyclic) bond motifs is 6. The van der Waals surface area contributed by atoms with Gasteiger partial charge < -0.3 is 30.3 Å². The van der Waals surface area contributed by atoms with Crippen molar-refractivity contribution < 1.29 is 29.3 Å². The van der Waals surface area contributed by atoms with E-state index in [0.29, 0.717) is 49.0 Å². The maximum Gasteiger partial charge on any atom is 0.255 e. The minimum atomic E-state index is -0.772. The lowest BCUT2D eigenvalue weighted by atomic mass is 9.56. The van der Waals surface area contributed by atoms with E-state index in [1.54, 1.807) is 26.6 Å². The first kappa shape index (κ1) is 50.9. The predicted molar refractivity (Wildman–Crippen MR) is 285 cm³/mol. The van der Waals surface area contributed by atoms with Gasteiger partial charge in [-0.1, -0.05) is 72.8 Å². The quantitative estimate of drug-likeness (QED) is 0.0950. The average Bonchev–Trinajstić information content (AvgIpc) is 3.62. The lowest BCUT2D eigenvalue weighted by Crippen LogP contribution is -2.50. The van der Waals surface area contributed by atoms with Crippen LogP contribution in [-0.4, -0.2) is 70.6 Å². The molecule has 0 spiro atoms. The predicted octanol–water partition coefficient (Wildman–Crippen LogP) is 11.3. The van der Waals surface area contributed by atoms with E-state index < -0.39 is 11.2 Å². The Labute approximate surface area is 426 Å². The smallest absolute Gasteiger partial charge is 0.255 e. The first-order chi connectivity index (χ1) is 34.8. The Kier molecular flexibility index (Phi) is 15.5. The molecule has 4 N–H and O–H groups in total. The van der Waals surface area contributed by atoms with Gasteiger partial charge in [0.15, 0.2) is 0 Å². The number of hydrogen-bond acceptors (Lipinski definition) is 8. The Morgan fingerprint density at radius 2 is 0.986 bits per heavy atom. The van der Waals surface area contributed by atoms with Crippen molar-refractivity contribution in [2.24, 2.45) is 11.8 Å². The second-order valence-corrected chi connectivity index (χ2v) is 21.5. The number of anilines is 2. The van der Waals surface area contributed by atoms with E-state index in [1.165, 1.54) is 33.4 Å². The largest absolute Gasteiger partial charge is 0.387 e. The zero-order valence-electron chi connectivity index (χ0n) is 42.6. The molecular formula is C62H72N4O6. The number of aliphatic hydroxyl groups is 2. The van der Waals surface area contributed by atoms with Crippen molar-refractivity contribution in [3.63, 3.8) is 0 Å². The lowest BCUT2D eigenvalue weighted by molar-refractivity contribution is -0.0899. The first-order valence-corrected chi connectivity index (χ1v) is 26.1. The highest BCUT2D eigenvalue weighted by Gasteiger charge is 2.52. The molecule has 2 fully saturated rings. The van der Waals surface area contributed by atoms with E-state index in [4.69, 9.17) is 9.47 Å². The molecule has 0 aliphatic heterocycles. The summed E-state index contributed by atoms with van der Waals surface area (Å²) in [6.45, 7) is 4.55. The number of aryl methyl sites for hydroxylation is 4. The van der Waals surface area contributed by atoms with E-state index in [0.717, 1.165) is 99.8 Å². The molecule has 2 heterocycles. The molecular weight excluding hydrogens is 897 g/mol. The molecule has 0 bridgehead atoms. The van der Waals surface area contributed by atoms with Gasteiger partial charge in [-0.05, 0) is 197 Å². The van der Waals surface area contributed by atoms with Crippen LogP contribution in [0, 0.1) is 25.7 Å². The number of carbonyl (C=O) groups excluding carboxylic acids is 2. The third-order valence-corrected chi connectivity index (χ3v) is 16.8. The summed E-state index contributed by atoms with van der Waals surface area (Å²) in [5, 5.41) is 28.7. The molecule has 6 aromatic rings. The Balaban J connectivity index is 0.000000178. The van der Waals surface area contributed by atoms with Crippen LogP contribution in [0.3, 0.4) is 0 Å². The number of benzene rings is 4. The highest BCUT2D eigenvalue weighted by molar-refractivity contribution is 6.05. The van der Waals surface area contributed by atoms with Crippen LogP contribution in [-0.2, 0) is 46.0 Å².